The number of para-hydroxylation sites is 1. The summed E-state index contributed by atoms with van der Waals surface area (Å²) in [6.45, 7) is 0.847. The number of nitro benzene ring substituents is 1. The van der Waals surface area contributed by atoms with Crippen molar-refractivity contribution in [2.45, 2.75) is 11.8 Å². The number of nitro groups is 1. The average molecular weight is 429 g/mol. The van der Waals surface area contributed by atoms with E-state index in [4.69, 9.17) is 5.11 Å². The highest BCUT2D eigenvalue weighted by Gasteiger charge is 2.33. The van der Waals surface area contributed by atoms with Crippen molar-refractivity contribution in [3.05, 3.63) is 62.6 Å². The van der Waals surface area contributed by atoms with Gasteiger partial charge in [0.25, 0.3) is 15.7 Å². The van der Waals surface area contributed by atoms with Crippen LogP contribution in [-0.2, 0) is 14.8 Å². The Hall–Kier alpha value is -2.46. The molecule has 0 heterocycles. The Balaban J connectivity index is 2.67. The first-order valence-corrected chi connectivity index (χ1v) is 9.12. The third kappa shape index (κ3) is 3.97. The summed E-state index contributed by atoms with van der Waals surface area (Å²) in [7, 11) is -4.46. The summed E-state index contributed by atoms with van der Waals surface area (Å²) < 4.78 is 27.2. The molecule has 0 aliphatic rings. The zero-order chi connectivity index (χ0) is 18.8. The van der Waals surface area contributed by atoms with Crippen molar-refractivity contribution in [2.24, 2.45) is 0 Å². The van der Waals surface area contributed by atoms with E-state index in [0.717, 1.165) is 16.6 Å². The van der Waals surface area contributed by atoms with Gasteiger partial charge in [0.05, 0.1) is 10.6 Å². The predicted octanol–water partition coefficient (Wildman–Crippen LogP) is 2.95. The number of rotatable bonds is 6. The fourth-order valence-corrected chi connectivity index (χ4v) is 3.98. The molecule has 0 aliphatic heterocycles. The van der Waals surface area contributed by atoms with Crippen molar-refractivity contribution < 1.29 is 23.2 Å². The van der Waals surface area contributed by atoms with E-state index >= 15 is 0 Å². The number of carboxylic acid groups (broad SMARTS) is 1. The van der Waals surface area contributed by atoms with Crippen molar-refractivity contribution >= 4 is 43.3 Å². The van der Waals surface area contributed by atoms with Gasteiger partial charge in [0.15, 0.2) is 4.90 Å². The molecule has 0 atom stereocenters. The highest BCUT2D eigenvalue weighted by atomic mass is 79.9. The number of carboxylic acids is 1. The van der Waals surface area contributed by atoms with Crippen molar-refractivity contribution in [3.8, 4) is 0 Å². The number of anilines is 1. The molecule has 132 valence electrons. The van der Waals surface area contributed by atoms with Gasteiger partial charge < -0.3 is 5.11 Å². The number of benzene rings is 2. The van der Waals surface area contributed by atoms with Gasteiger partial charge in [0.2, 0.25) is 0 Å². The van der Waals surface area contributed by atoms with E-state index in [2.05, 4.69) is 15.9 Å². The fraction of sp³-hybridized carbons (Fsp3) is 0.133. The standard InChI is InChI=1S/C15H13BrN2O6S/c1-10-8-11(6-7-12(10)16)17(9-15(19)20)25(23,24)14-5-3-2-4-13(14)18(21)22/h2-8H,9H2,1H3,(H,19,20). The van der Waals surface area contributed by atoms with Crippen LogP contribution < -0.4 is 4.31 Å². The maximum absolute atomic E-state index is 12.9. The summed E-state index contributed by atoms with van der Waals surface area (Å²) in [5, 5.41) is 20.3. The number of carbonyl (C=O) groups is 1. The first-order valence-electron chi connectivity index (χ1n) is 6.88. The van der Waals surface area contributed by atoms with Crippen LogP contribution in [0, 0.1) is 17.0 Å². The third-order valence-corrected chi connectivity index (χ3v) is 6.05. The smallest absolute Gasteiger partial charge is 0.324 e. The minimum absolute atomic E-state index is 0.0984. The molecule has 0 fully saturated rings. The number of hydrogen-bond acceptors (Lipinski definition) is 5. The summed E-state index contributed by atoms with van der Waals surface area (Å²) in [5.74, 6) is -1.39. The van der Waals surface area contributed by atoms with E-state index in [1.165, 1.54) is 24.3 Å². The molecule has 0 spiro atoms. The number of hydrogen-bond donors (Lipinski definition) is 1. The second-order valence-corrected chi connectivity index (χ2v) is 7.75. The summed E-state index contributed by atoms with van der Waals surface area (Å²) >= 11 is 3.28. The van der Waals surface area contributed by atoms with Gasteiger partial charge >= 0.3 is 5.97 Å². The Morgan fingerprint density at radius 1 is 1.28 bits per heavy atom. The van der Waals surface area contributed by atoms with Gasteiger partial charge in [-0.2, -0.15) is 0 Å². The highest BCUT2D eigenvalue weighted by molar-refractivity contribution is 9.10. The Labute approximate surface area is 152 Å². The molecule has 0 aliphatic carbocycles. The van der Waals surface area contributed by atoms with Gasteiger partial charge in [-0.05, 0) is 36.8 Å². The van der Waals surface area contributed by atoms with E-state index < -0.39 is 38.0 Å². The van der Waals surface area contributed by atoms with Crippen LogP contribution in [0.5, 0.6) is 0 Å². The van der Waals surface area contributed by atoms with Crippen molar-refractivity contribution in [3.63, 3.8) is 0 Å². The van der Waals surface area contributed by atoms with Crippen LogP contribution in [0.25, 0.3) is 0 Å². The number of sulfonamides is 1. The van der Waals surface area contributed by atoms with Gasteiger partial charge in [-0.25, -0.2) is 8.42 Å². The molecule has 2 rings (SSSR count). The molecular formula is C15H13BrN2O6S. The molecule has 0 aromatic heterocycles. The minimum atomic E-state index is -4.46. The molecule has 0 unspecified atom stereocenters. The zero-order valence-electron chi connectivity index (χ0n) is 12.9. The summed E-state index contributed by atoms with van der Waals surface area (Å²) in [5.41, 5.74) is 0.165. The predicted molar refractivity (Wildman–Crippen MR) is 94.1 cm³/mol. The molecule has 10 heteroatoms. The monoisotopic (exact) mass is 428 g/mol. The minimum Gasteiger partial charge on any atom is -0.480 e. The molecular weight excluding hydrogens is 416 g/mol. The maximum Gasteiger partial charge on any atom is 0.324 e. The quantitative estimate of drug-likeness (QED) is 0.557. The lowest BCUT2D eigenvalue weighted by Crippen LogP contribution is -2.36. The molecule has 0 saturated heterocycles. The second-order valence-electron chi connectivity index (χ2n) is 5.06. The fourth-order valence-electron chi connectivity index (χ4n) is 2.17. The highest BCUT2D eigenvalue weighted by Crippen LogP contribution is 2.31. The Kier molecular flexibility index (Phi) is 5.43. The lowest BCUT2D eigenvalue weighted by atomic mass is 10.2. The summed E-state index contributed by atoms with van der Waals surface area (Å²) in [6, 6.07) is 9.29. The van der Waals surface area contributed by atoms with E-state index in [0.29, 0.717) is 9.87 Å². The van der Waals surface area contributed by atoms with Crippen molar-refractivity contribution in [2.75, 3.05) is 10.8 Å². The van der Waals surface area contributed by atoms with Crippen LogP contribution in [0.4, 0.5) is 11.4 Å². The van der Waals surface area contributed by atoms with E-state index in [-0.39, 0.29) is 5.69 Å². The number of nitrogens with zero attached hydrogens (tertiary/aromatic N) is 2. The van der Waals surface area contributed by atoms with Crippen LogP contribution >= 0.6 is 15.9 Å². The third-order valence-electron chi connectivity index (χ3n) is 3.34. The number of halogens is 1. The molecule has 0 bridgehead atoms. The lowest BCUT2D eigenvalue weighted by molar-refractivity contribution is -0.387. The maximum atomic E-state index is 12.9. The summed E-state index contributed by atoms with van der Waals surface area (Å²) in [4.78, 5) is 20.9. The summed E-state index contributed by atoms with van der Waals surface area (Å²) in [6.07, 6.45) is 0. The van der Waals surface area contributed by atoms with E-state index in [1.807, 2.05) is 0 Å². The zero-order valence-corrected chi connectivity index (χ0v) is 15.3. The van der Waals surface area contributed by atoms with Gasteiger partial charge in [-0.1, -0.05) is 28.1 Å². The van der Waals surface area contributed by atoms with Crippen LogP contribution in [0.2, 0.25) is 0 Å². The molecule has 0 saturated carbocycles. The topological polar surface area (TPSA) is 118 Å². The SMILES string of the molecule is Cc1cc(N(CC(=O)O)S(=O)(=O)c2ccccc2[N+](=O)[O-])ccc1Br. The molecule has 0 radical (unpaired) electrons. The van der Waals surface area contributed by atoms with Crippen LogP contribution in [0.1, 0.15) is 5.56 Å². The lowest BCUT2D eigenvalue weighted by Gasteiger charge is -2.23. The largest absolute Gasteiger partial charge is 0.480 e. The van der Waals surface area contributed by atoms with Crippen molar-refractivity contribution in [1.29, 1.82) is 0 Å². The molecule has 2 aromatic carbocycles. The Bertz CT molecular complexity index is 945. The Morgan fingerprint density at radius 2 is 1.92 bits per heavy atom. The van der Waals surface area contributed by atoms with Crippen LogP contribution in [-0.4, -0.2) is 31.0 Å². The van der Waals surface area contributed by atoms with Crippen LogP contribution in [0.15, 0.2) is 51.8 Å². The van der Waals surface area contributed by atoms with Crippen molar-refractivity contribution in [1.82, 2.24) is 0 Å². The molecule has 8 nitrogen and oxygen atoms in total. The normalized spacial score (nSPS) is 11.1. The van der Waals surface area contributed by atoms with Gasteiger partial charge in [-0.3, -0.25) is 19.2 Å². The first kappa shape index (κ1) is 18.9. The van der Waals surface area contributed by atoms with E-state index in [1.54, 1.807) is 13.0 Å². The Morgan fingerprint density at radius 3 is 2.48 bits per heavy atom. The molecule has 1 N–H and O–H groups in total. The van der Waals surface area contributed by atoms with Crippen LogP contribution in [0.3, 0.4) is 0 Å². The number of aliphatic carboxylic acids is 1. The van der Waals surface area contributed by atoms with E-state index in [9.17, 15) is 23.3 Å². The van der Waals surface area contributed by atoms with Gasteiger partial charge in [-0.15, -0.1) is 0 Å². The molecule has 0 amide bonds. The second kappa shape index (κ2) is 7.19. The molecule has 2 aromatic rings. The first-order chi connectivity index (χ1) is 11.6. The van der Waals surface area contributed by atoms with Gasteiger partial charge in [0, 0.05) is 10.5 Å². The number of aryl methyl sites for hydroxylation is 1. The average Bonchev–Trinajstić information content (AvgIpc) is 2.55. The molecule has 25 heavy (non-hydrogen) atoms. The van der Waals surface area contributed by atoms with Gasteiger partial charge in [0.1, 0.15) is 6.54 Å².